The molecule has 1 aromatic heterocycles. The Morgan fingerprint density at radius 2 is 1.83 bits per heavy atom. The highest BCUT2D eigenvalue weighted by molar-refractivity contribution is 5.95. The van der Waals surface area contributed by atoms with E-state index < -0.39 is 11.7 Å². The lowest BCUT2D eigenvalue weighted by molar-refractivity contribution is -0.137. The zero-order valence-electron chi connectivity index (χ0n) is 12.5. The predicted octanol–water partition coefficient (Wildman–Crippen LogP) is 3.04. The number of carbonyl (C=O) groups is 1. The molecule has 2 aromatic rings. The summed E-state index contributed by atoms with van der Waals surface area (Å²) in [4.78, 5) is 16.4. The molecule has 3 saturated carbocycles. The van der Waals surface area contributed by atoms with Crippen molar-refractivity contribution in [3.8, 4) is 0 Å². The number of alkyl halides is 3. The standard InChI is InChI=1S/C16H14F3N3O.ClH/c17-16(18,19)10-2-4-11-9(5-10)1-3-12(21-11)13(23)22-15-6-14(20,7-15)8-15;/h1-5H,6-8,20H2,(H,22,23);1H. The predicted molar refractivity (Wildman–Crippen MR) is 85.0 cm³/mol. The summed E-state index contributed by atoms with van der Waals surface area (Å²) in [5.41, 5.74) is 5.46. The van der Waals surface area contributed by atoms with Gasteiger partial charge in [-0.25, -0.2) is 4.98 Å². The molecule has 0 radical (unpaired) electrons. The van der Waals surface area contributed by atoms with Crippen LogP contribution in [0.15, 0.2) is 30.3 Å². The Bertz CT molecular complexity index is 817. The molecule has 1 heterocycles. The van der Waals surface area contributed by atoms with Crippen molar-refractivity contribution < 1.29 is 18.0 Å². The van der Waals surface area contributed by atoms with E-state index in [1.807, 2.05) is 0 Å². The molecular formula is C16H15ClF3N3O. The average Bonchev–Trinajstić information content (AvgIpc) is 2.42. The van der Waals surface area contributed by atoms with Crippen LogP contribution in [0.5, 0.6) is 0 Å². The molecular weight excluding hydrogens is 343 g/mol. The van der Waals surface area contributed by atoms with E-state index in [0.717, 1.165) is 31.4 Å². The van der Waals surface area contributed by atoms with Crippen LogP contribution >= 0.6 is 12.4 Å². The fraction of sp³-hybridized carbons (Fsp3) is 0.375. The molecule has 1 aromatic carbocycles. The SMILES string of the molecule is Cl.NC12CC(NC(=O)c3ccc4cc(C(F)(F)F)ccc4n3)(C1)C2. The van der Waals surface area contributed by atoms with E-state index >= 15 is 0 Å². The number of hydrogen-bond donors (Lipinski definition) is 2. The zero-order chi connectivity index (χ0) is 16.5. The van der Waals surface area contributed by atoms with Crippen molar-refractivity contribution >= 4 is 29.2 Å². The van der Waals surface area contributed by atoms with E-state index in [2.05, 4.69) is 10.3 Å². The smallest absolute Gasteiger partial charge is 0.345 e. The van der Waals surface area contributed by atoms with Gasteiger partial charge in [0.05, 0.1) is 11.1 Å². The van der Waals surface area contributed by atoms with Crippen LogP contribution in [0, 0.1) is 0 Å². The molecule has 1 amide bonds. The minimum atomic E-state index is -4.40. The topological polar surface area (TPSA) is 68.0 Å². The van der Waals surface area contributed by atoms with Gasteiger partial charge in [-0.1, -0.05) is 6.07 Å². The van der Waals surface area contributed by atoms with Crippen molar-refractivity contribution in [3.63, 3.8) is 0 Å². The number of nitrogens with one attached hydrogen (secondary N) is 1. The number of nitrogens with zero attached hydrogens (tertiary/aromatic N) is 1. The fourth-order valence-corrected chi connectivity index (χ4v) is 3.73. The number of benzene rings is 1. The minimum Gasteiger partial charge on any atom is -0.345 e. The Labute approximate surface area is 142 Å². The van der Waals surface area contributed by atoms with Gasteiger partial charge in [0.1, 0.15) is 5.69 Å². The Kier molecular flexibility index (Phi) is 3.58. The number of aromatic nitrogens is 1. The molecule has 128 valence electrons. The molecule has 24 heavy (non-hydrogen) atoms. The van der Waals surface area contributed by atoms with Gasteiger partial charge in [0.15, 0.2) is 0 Å². The van der Waals surface area contributed by atoms with Gasteiger partial charge in [-0.3, -0.25) is 4.79 Å². The maximum atomic E-state index is 12.7. The van der Waals surface area contributed by atoms with E-state index in [9.17, 15) is 18.0 Å². The third-order valence-corrected chi connectivity index (χ3v) is 4.70. The van der Waals surface area contributed by atoms with Gasteiger partial charge < -0.3 is 11.1 Å². The number of carbonyl (C=O) groups excluding carboxylic acids is 1. The van der Waals surface area contributed by atoms with E-state index in [1.54, 1.807) is 0 Å². The van der Waals surface area contributed by atoms with Crippen LogP contribution in [0.4, 0.5) is 13.2 Å². The molecule has 8 heteroatoms. The number of halogens is 4. The first-order chi connectivity index (χ1) is 10.7. The third-order valence-electron chi connectivity index (χ3n) is 4.70. The number of rotatable bonds is 2. The molecule has 3 aliphatic carbocycles. The summed E-state index contributed by atoms with van der Waals surface area (Å²) in [6, 6.07) is 6.21. The first-order valence-electron chi connectivity index (χ1n) is 7.28. The summed E-state index contributed by atoms with van der Waals surface area (Å²) in [6.07, 6.45) is -2.08. The molecule has 5 rings (SSSR count). The minimum absolute atomic E-state index is 0. The molecule has 0 spiro atoms. The normalized spacial score (nSPS) is 27.7. The van der Waals surface area contributed by atoms with Crippen LogP contribution in [0.3, 0.4) is 0 Å². The summed E-state index contributed by atoms with van der Waals surface area (Å²) in [5, 5.41) is 3.29. The van der Waals surface area contributed by atoms with Gasteiger partial charge >= 0.3 is 6.18 Å². The van der Waals surface area contributed by atoms with Gasteiger partial charge in [-0.05, 0) is 43.5 Å². The molecule has 0 unspecified atom stereocenters. The number of fused-ring (bicyclic) bond motifs is 1. The maximum absolute atomic E-state index is 12.7. The molecule has 3 fully saturated rings. The second-order valence-electron chi connectivity index (χ2n) is 6.73. The van der Waals surface area contributed by atoms with Crippen LogP contribution in [0.25, 0.3) is 10.9 Å². The summed E-state index contributed by atoms with van der Waals surface area (Å²) in [7, 11) is 0. The van der Waals surface area contributed by atoms with Crippen LogP contribution in [0.2, 0.25) is 0 Å². The van der Waals surface area contributed by atoms with Crippen molar-refractivity contribution in [1.82, 2.24) is 10.3 Å². The Morgan fingerprint density at radius 3 is 2.42 bits per heavy atom. The molecule has 0 aliphatic heterocycles. The molecule has 3 aliphatic rings. The first kappa shape index (κ1) is 17.0. The summed E-state index contributed by atoms with van der Waals surface area (Å²) in [5.74, 6) is -0.312. The number of amides is 1. The lowest BCUT2D eigenvalue weighted by Gasteiger charge is -2.68. The summed E-state index contributed by atoms with van der Waals surface area (Å²) in [6.45, 7) is 0. The van der Waals surface area contributed by atoms with E-state index in [0.29, 0.717) is 10.9 Å². The monoisotopic (exact) mass is 357 g/mol. The molecule has 2 bridgehead atoms. The van der Waals surface area contributed by atoms with Crippen LogP contribution < -0.4 is 11.1 Å². The lowest BCUT2D eigenvalue weighted by atomic mass is 9.44. The van der Waals surface area contributed by atoms with Crippen molar-refractivity contribution in [2.45, 2.75) is 36.5 Å². The number of pyridine rings is 1. The van der Waals surface area contributed by atoms with E-state index in [1.165, 1.54) is 18.2 Å². The van der Waals surface area contributed by atoms with Gasteiger partial charge in [0.2, 0.25) is 0 Å². The molecule has 0 saturated heterocycles. The highest BCUT2D eigenvalue weighted by Crippen LogP contribution is 2.58. The van der Waals surface area contributed by atoms with E-state index in [4.69, 9.17) is 5.73 Å². The first-order valence-corrected chi connectivity index (χ1v) is 7.28. The Hall–Kier alpha value is -1.86. The van der Waals surface area contributed by atoms with Gasteiger partial charge in [0, 0.05) is 16.5 Å². The van der Waals surface area contributed by atoms with E-state index in [-0.39, 0.29) is 35.1 Å². The fourth-order valence-electron chi connectivity index (χ4n) is 3.73. The third kappa shape index (κ3) is 2.61. The van der Waals surface area contributed by atoms with Crippen molar-refractivity contribution in [3.05, 3.63) is 41.6 Å². The van der Waals surface area contributed by atoms with Gasteiger partial charge in [0.25, 0.3) is 5.91 Å². The van der Waals surface area contributed by atoms with Crippen molar-refractivity contribution in [2.24, 2.45) is 5.73 Å². The highest BCUT2D eigenvalue weighted by atomic mass is 35.5. The molecule has 0 atom stereocenters. The average molecular weight is 358 g/mol. The highest BCUT2D eigenvalue weighted by Gasteiger charge is 2.66. The van der Waals surface area contributed by atoms with Crippen molar-refractivity contribution in [2.75, 3.05) is 0 Å². The van der Waals surface area contributed by atoms with Crippen molar-refractivity contribution in [1.29, 1.82) is 0 Å². The Morgan fingerprint density at radius 1 is 1.17 bits per heavy atom. The van der Waals surface area contributed by atoms with Gasteiger partial charge in [-0.15, -0.1) is 12.4 Å². The summed E-state index contributed by atoms with van der Waals surface area (Å²) >= 11 is 0. The van der Waals surface area contributed by atoms with Crippen LogP contribution in [-0.2, 0) is 6.18 Å². The largest absolute Gasteiger partial charge is 0.416 e. The molecule has 4 nitrogen and oxygen atoms in total. The number of hydrogen-bond acceptors (Lipinski definition) is 3. The van der Waals surface area contributed by atoms with Gasteiger partial charge in [-0.2, -0.15) is 13.2 Å². The Balaban J connectivity index is 0.00000169. The second-order valence-corrected chi connectivity index (χ2v) is 6.73. The lowest BCUT2D eigenvalue weighted by Crippen LogP contribution is -2.82. The zero-order valence-corrected chi connectivity index (χ0v) is 13.3. The quantitative estimate of drug-likeness (QED) is 0.868. The summed E-state index contributed by atoms with van der Waals surface area (Å²) < 4.78 is 38.1. The second kappa shape index (κ2) is 5.07. The number of nitrogens with two attached hydrogens (primary N) is 1. The van der Waals surface area contributed by atoms with Crippen LogP contribution in [0.1, 0.15) is 35.3 Å². The molecule has 3 N–H and O–H groups in total. The maximum Gasteiger partial charge on any atom is 0.416 e. The van der Waals surface area contributed by atoms with Crippen LogP contribution in [-0.4, -0.2) is 22.0 Å².